The van der Waals surface area contributed by atoms with E-state index in [1.807, 2.05) is 54.4 Å². The highest BCUT2D eigenvalue weighted by atomic mass is 79.9. The van der Waals surface area contributed by atoms with Crippen LogP contribution < -0.4 is 10.6 Å². The third-order valence-electron chi connectivity index (χ3n) is 3.37. The fourth-order valence-corrected chi connectivity index (χ4v) is 2.47. The van der Waals surface area contributed by atoms with Crippen molar-refractivity contribution in [2.75, 3.05) is 26.0 Å². The Morgan fingerprint density at radius 3 is 2.42 bits per heavy atom. The molecule has 0 saturated heterocycles. The number of nitrogens with one attached hydrogen (secondary N) is 2. The van der Waals surface area contributed by atoms with Gasteiger partial charge >= 0.3 is 0 Å². The topological polar surface area (TPSA) is 56.7 Å². The Balaban J connectivity index is 1.85. The van der Waals surface area contributed by atoms with E-state index in [1.165, 1.54) is 0 Å². The highest BCUT2D eigenvalue weighted by molar-refractivity contribution is 9.10. The van der Waals surface area contributed by atoms with Crippen LogP contribution in [-0.2, 0) is 11.3 Å². The molecule has 0 fully saturated rings. The number of aliphatic imine (C=N–C) groups is 1. The summed E-state index contributed by atoms with van der Waals surface area (Å²) in [7, 11) is 3.64. The minimum atomic E-state index is -0.112. The number of anilines is 1. The summed E-state index contributed by atoms with van der Waals surface area (Å²) < 4.78 is 1.05. The molecule has 0 unspecified atom stereocenters. The summed E-state index contributed by atoms with van der Waals surface area (Å²) in [4.78, 5) is 18.2. The Labute approximate surface area is 150 Å². The molecule has 0 atom stereocenters. The standard InChI is InChI=1S/C18H21BrN4O/c1-20-18(23(2)13-14-8-10-15(19)11-9-14)21-12-17(24)22-16-6-4-3-5-7-16/h3-11H,12-13H2,1-2H3,(H,20,21)(H,22,24). The van der Waals surface area contributed by atoms with Crippen molar-refractivity contribution in [2.24, 2.45) is 4.99 Å². The Bertz CT molecular complexity index is 686. The minimum absolute atomic E-state index is 0.112. The summed E-state index contributed by atoms with van der Waals surface area (Å²) in [5, 5.41) is 5.91. The van der Waals surface area contributed by atoms with Crippen LogP contribution >= 0.6 is 15.9 Å². The van der Waals surface area contributed by atoms with E-state index in [4.69, 9.17) is 0 Å². The molecule has 0 radical (unpaired) electrons. The number of hydrogen-bond donors (Lipinski definition) is 2. The van der Waals surface area contributed by atoms with Crippen LogP contribution in [0, 0.1) is 0 Å². The second kappa shape index (κ2) is 9.08. The molecule has 0 aliphatic heterocycles. The van der Waals surface area contributed by atoms with Crippen LogP contribution in [0.4, 0.5) is 5.69 Å². The van der Waals surface area contributed by atoms with Crippen LogP contribution in [0.25, 0.3) is 0 Å². The van der Waals surface area contributed by atoms with E-state index < -0.39 is 0 Å². The van der Waals surface area contributed by atoms with Crippen molar-refractivity contribution in [1.29, 1.82) is 0 Å². The Morgan fingerprint density at radius 2 is 1.79 bits per heavy atom. The van der Waals surface area contributed by atoms with Gasteiger partial charge in [-0.2, -0.15) is 0 Å². The lowest BCUT2D eigenvalue weighted by molar-refractivity contribution is -0.115. The van der Waals surface area contributed by atoms with E-state index >= 15 is 0 Å². The average molecular weight is 389 g/mol. The number of hydrogen-bond acceptors (Lipinski definition) is 2. The number of guanidine groups is 1. The Hall–Kier alpha value is -2.34. The van der Waals surface area contributed by atoms with Gasteiger partial charge in [0, 0.05) is 30.8 Å². The molecule has 2 aromatic rings. The Kier molecular flexibility index (Phi) is 6.81. The van der Waals surface area contributed by atoms with E-state index in [2.05, 4.69) is 43.7 Å². The molecule has 126 valence electrons. The summed E-state index contributed by atoms with van der Waals surface area (Å²) in [5.41, 5.74) is 1.94. The normalized spacial score (nSPS) is 11.0. The number of benzene rings is 2. The van der Waals surface area contributed by atoms with Crippen molar-refractivity contribution in [3.8, 4) is 0 Å². The van der Waals surface area contributed by atoms with Gasteiger partial charge in [0.05, 0.1) is 6.54 Å². The van der Waals surface area contributed by atoms with Gasteiger partial charge in [0.2, 0.25) is 5.91 Å². The Morgan fingerprint density at radius 1 is 1.12 bits per heavy atom. The fraction of sp³-hybridized carbons (Fsp3) is 0.222. The van der Waals surface area contributed by atoms with Crippen molar-refractivity contribution in [3.63, 3.8) is 0 Å². The molecule has 0 heterocycles. The zero-order chi connectivity index (χ0) is 17.4. The van der Waals surface area contributed by atoms with Gasteiger partial charge in [-0.25, -0.2) is 0 Å². The van der Waals surface area contributed by atoms with Crippen LogP contribution in [0.2, 0.25) is 0 Å². The van der Waals surface area contributed by atoms with E-state index in [0.29, 0.717) is 12.5 Å². The van der Waals surface area contributed by atoms with E-state index in [-0.39, 0.29) is 12.5 Å². The number of para-hydroxylation sites is 1. The molecule has 0 aromatic heterocycles. The van der Waals surface area contributed by atoms with E-state index in [1.54, 1.807) is 7.05 Å². The van der Waals surface area contributed by atoms with Gasteiger partial charge in [-0.3, -0.25) is 9.79 Å². The van der Waals surface area contributed by atoms with Gasteiger partial charge in [0.15, 0.2) is 5.96 Å². The lowest BCUT2D eigenvalue weighted by Gasteiger charge is -2.22. The maximum atomic E-state index is 12.0. The molecule has 1 amide bonds. The van der Waals surface area contributed by atoms with Gasteiger partial charge < -0.3 is 15.5 Å². The maximum Gasteiger partial charge on any atom is 0.243 e. The largest absolute Gasteiger partial charge is 0.347 e. The first-order valence-electron chi connectivity index (χ1n) is 7.59. The SMILES string of the molecule is CN=C(NCC(=O)Nc1ccccc1)N(C)Cc1ccc(Br)cc1. The average Bonchev–Trinajstić information content (AvgIpc) is 2.58. The smallest absolute Gasteiger partial charge is 0.243 e. The molecule has 5 nitrogen and oxygen atoms in total. The molecule has 0 spiro atoms. The molecule has 0 aliphatic carbocycles. The summed E-state index contributed by atoms with van der Waals surface area (Å²) >= 11 is 3.43. The lowest BCUT2D eigenvalue weighted by atomic mass is 10.2. The van der Waals surface area contributed by atoms with Gasteiger partial charge in [-0.15, -0.1) is 0 Å². The van der Waals surface area contributed by atoms with Crippen molar-refractivity contribution in [1.82, 2.24) is 10.2 Å². The molecule has 2 rings (SSSR count). The third-order valence-corrected chi connectivity index (χ3v) is 3.90. The van der Waals surface area contributed by atoms with Crippen molar-refractivity contribution >= 4 is 33.5 Å². The molecule has 0 bridgehead atoms. The van der Waals surface area contributed by atoms with Gasteiger partial charge in [0.1, 0.15) is 0 Å². The second-order valence-electron chi connectivity index (χ2n) is 5.30. The number of carbonyl (C=O) groups is 1. The monoisotopic (exact) mass is 388 g/mol. The fourth-order valence-electron chi connectivity index (χ4n) is 2.21. The first-order valence-corrected chi connectivity index (χ1v) is 8.39. The van der Waals surface area contributed by atoms with Gasteiger partial charge in [-0.1, -0.05) is 46.3 Å². The summed E-state index contributed by atoms with van der Waals surface area (Å²) in [6.07, 6.45) is 0. The maximum absolute atomic E-state index is 12.0. The van der Waals surface area contributed by atoms with Crippen LogP contribution in [0.15, 0.2) is 64.1 Å². The number of amides is 1. The molecule has 6 heteroatoms. The highest BCUT2D eigenvalue weighted by Gasteiger charge is 2.09. The van der Waals surface area contributed by atoms with Gasteiger partial charge in [0.25, 0.3) is 0 Å². The van der Waals surface area contributed by atoms with Crippen LogP contribution in [0.3, 0.4) is 0 Å². The highest BCUT2D eigenvalue weighted by Crippen LogP contribution is 2.11. The van der Waals surface area contributed by atoms with Crippen molar-refractivity contribution in [3.05, 3.63) is 64.6 Å². The first-order chi connectivity index (χ1) is 11.6. The lowest BCUT2D eigenvalue weighted by Crippen LogP contribution is -2.42. The van der Waals surface area contributed by atoms with Crippen molar-refractivity contribution in [2.45, 2.75) is 6.54 Å². The number of nitrogens with zero attached hydrogens (tertiary/aromatic N) is 2. The summed E-state index contributed by atoms with van der Waals surface area (Å²) in [5.74, 6) is 0.556. The summed E-state index contributed by atoms with van der Waals surface area (Å²) in [6, 6.07) is 17.5. The van der Waals surface area contributed by atoms with Crippen LogP contribution in [0.1, 0.15) is 5.56 Å². The molecule has 2 N–H and O–H groups in total. The quantitative estimate of drug-likeness (QED) is 0.611. The third kappa shape index (κ3) is 5.70. The number of halogens is 1. The summed E-state index contributed by atoms with van der Waals surface area (Å²) in [6.45, 7) is 0.861. The molecule has 0 saturated carbocycles. The molecule has 24 heavy (non-hydrogen) atoms. The van der Waals surface area contributed by atoms with Crippen molar-refractivity contribution < 1.29 is 4.79 Å². The van der Waals surface area contributed by atoms with Crippen LogP contribution in [-0.4, -0.2) is 37.4 Å². The molecule has 2 aromatic carbocycles. The first kappa shape index (κ1) is 18.0. The van der Waals surface area contributed by atoms with E-state index in [9.17, 15) is 4.79 Å². The van der Waals surface area contributed by atoms with E-state index in [0.717, 1.165) is 15.7 Å². The minimum Gasteiger partial charge on any atom is -0.347 e. The van der Waals surface area contributed by atoms with Gasteiger partial charge in [-0.05, 0) is 29.8 Å². The predicted octanol–water partition coefficient (Wildman–Crippen LogP) is 3.10. The zero-order valence-corrected chi connectivity index (χ0v) is 15.4. The predicted molar refractivity (Wildman–Crippen MR) is 102 cm³/mol. The van der Waals surface area contributed by atoms with Crippen LogP contribution in [0.5, 0.6) is 0 Å². The number of rotatable bonds is 5. The zero-order valence-electron chi connectivity index (χ0n) is 13.8. The molecular formula is C18H21BrN4O. The molecule has 0 aliphatic rings. The number of carbonyl (C=O) groups excluding carboxylic acids is 1. The molecular weight excluding hydrogens is 368 g/mol. The second-order valence-corrected chi connectivity index (χ2v) is 6.21.